The molecule has 0 aromatic heterocycles. The summed E-state index contributed by atoms with van der Waals surface area (Å²) in [7, 11) is 0. The standard InChI is InChI=1S/C13H26N2O3/c1-8(2)6-9(12(17)18)15-11(16)7-10(14)13(3,4)5/h8-10H,6-7,14H2,1-5H3,(H,15,16)(H,17,18)/t9-,10?/m1/s1. The Labute approximate surface area is 109 Å². The van der Waals surface area contributed by atoms with E-state index in [1.54, 1.807) is 0 Å². The lowest BCUT2D eigenvalue weighted by molar-refractivity contribution is -0.142. The summed E-state index contributed by atoms with van der Waals surface area (Å²) in [5.41, 5.74) is 5.72. The number of nitrogens with one attached hydrogen (secondary N) is 1. The Balaban J connectivity index is 4.39. The Morgan fingerprint density at radius 1 is 1.28 bits per heavy atom. The first-order valence-corrected chi connectivity index (χ1v) is 6.31. The molecule has 0 bridgehead atoms. The third-order valence-electron chi connectivity index (χ3n) is 2.86. The molecule has 1 amide bonds. The summed E-state index contributed by atoms with van der Waals surface area (Å²) in [5, 5.41) is 11.6. The SMILES string of the molecule is CC(C)C[C@@H](NC(=O)CC(N)C(C)(C)C)C(=O)O. The maximum atomic E-state index is 11.7. The second kappa shape index (κ2) is 6.73. The Morgan fingerprint density at radius 2 is 1.78 bits per heavy atom. The van der Waals surface area contributed by atoms with E-state index in [9.17, 15) is 9.59 Å². The predicted molar refractivity (Wildman–Crippen MR) is 71.1 cm³/mol. The first-order chi connectivity index (χ1) is 8.04. The van der Waals surface area contributed by atoms with E-state index in [2.05, 4.69) is 5.32 Å². The van der Waals surface area contributed by atoms with Gasteiger partial charge in [0.25, 0.3) is 0 Å². The van der Waals surface area contributed by atoms with Crippen LogP contribution in [0.1, 0.15) is 47.5 Å². The fraction of sp³-hybridized carbons (Fsp3) is 0.846. The van der Waals surface area contributed by atoms with Crippen molar-refractivity contribution in [1.82, 2.24) is 5.32 Å². The first kappa shape index (κ1) is 16.9. The second-order valence-electron chi connectivity index (χ2n) is 6.26. The molecule has 106 valence electrons. The molecule has 0 aliphatic heterocycles. The lowest BCUT2D eigenvalue weighted by Crippen LogP contribution is -2.46. The van der Waals surface area contributed by atoms with Crippen molar-refractivity contribution in [2.24, 2.45) is 17.1 Å². The summed E-state index contributed by atoms with van der Waals surface area (Å²) in [5.74, 6) is -1.09. The van der Waals surface area contributed by atoms with Gasteiger partial charge in [-0.05, 0) is 17.8 Å². The molecule has 2 atom stereocenters. The van der Waals surface area contributed by atoms with E-state index in [0.717, 1.165) is 0 Å². The maximum Gasteiger partial charge on any atom is 0.326 e. The van der Waals surface area contributed by atoms with Gasteiger partial charge < -0.3 is 16.2 Å². The van der Waals surface area contributed by atoms with Crippen LogP contribution in [0.25, 0.3) is 0 Å². The van der Waals surface area contributed by atoms with Gasteiger partial charge in [-0.2, -0.15) is 0 Å². The highest BCUT2D eigenvalue weighted by Crippen LogP contribution is 2.19. The minimum Gasteiger partial charge on any atom is -0.480 e. The van der Waals surface area contributed by atoms with Gasteiger partial charge >= 0.3 is 5.97 Å². The number of carboxylic acids is 1. The van der Waals surface area contributed by atoms with Crippen molar-refractivity contribution >= 4 is 11.9 Å². The molecule has 0 saturated carbocycles. The lowest BCUT2D eigenvalue weighted by atomic mass is 9.85. The number of hydrogen-bond acceptors (Lipinski definition) is 3. The molecule has 5 nitrogen and oxygen atoms in total. The molecule has 0 aromatic rings. The van der Waals surface area contributed by atoms with Crippen molar-refractivity contribution in [3.8, 4) is 0 Å². The fourth-order valence-corrected chi connectivity index (χ4v) is 1.45. The molecule has 0 aliphatic carbocycles. The topological polar surface area (TPSA) is 92.4 Å². The maximum absolute atomic E-state index is 11.7. The molecule has 0 saturated heterocycles. The van der Waals surface area contributed by atoms with Crippen LogP contribution in [-0.4, -0.2) is 29.1 Å². The summed E-state index contributed by atoms with van der Waals surface area (Å²) < 4.78 is 0. The van der Waals surface area contributed by atoms with Crippen LogP contribution in [0, 0.1) is 11.3 Å². The van der Waals surface area contributed by atoms with Crippen LogP contribution < -0.4 is 11.1 Å². The van der Waals surface area contributed by atoms with E-state index in [1.807, 2.05) is 34.6 Å². The van der Waals surface area contributed by atoms with Crippen molar-refractivity contribution in [2.45, 2.75) is 59.5 Å². The molecule has 1 unspecified atom stereocenters. The number of carbonyl (C=O) groups is 2. The summed E-state index contributed by atoms with van der Waals surface area (Å²) in [6.45, 7) is 9.70. The van der Waals surface area contributed by atoms with Crippen LogP contribution in [0.3, 0.4) is 0 Å². The van der Waals surface area contributed by atoms with E-state index in [0.29, 0.717) is 6.42 Å². The van der Waals surface area contributed by atoms with Crippen LogP contribution >= 0.6 is 0 Å². The number of hydrogen-bond donors (Lipinski definition) is 3. The van der Waals surface area contributed by atoms with Crippen molar-refractivity contribution in [1.29, 1.82) is 0 Å². The monoisotopic (exact) mass is 258 g/mol. The van der Waals surface area contributed by atoms with Gasteiger partial charge in [0.2, 0.25) is 5.91 Å². The Bertz CT molecular complexity index is 295. The zero-order valence-electron chi connectivity index (χ0n) is 12.0. The minimum absolute atomic E-state index is 0.144. The van der Waals surface area contributed by atoms with Gasteiger partial charge in [-0.3, -0.25) is 4.79 Å². The molecule has 0 rings (SSSR count). The average molecular weight is 258 g/mol. The predicted octanol–water partition coefficient (Wildman–Crippen LogP) is 1.37. The van der Waals surface area contributed by atoms with Crippen LogP contribution in [0.2, 0.25) is 0 Å². The van der Waals surface area contributed by atoms with Gasteiger partial charge in [-0.25, -0.2) is 4.79 Å². The third kappa shape index (κ3) is 6.59. The summed E-state index contributed by atoms with van der Waals surface area (Å²) in [6, 6.07) is -1.12. The summed E-state index contributed by atoms with van der Waals surface area (Å²) >= 11 is 0. The van der Waals surface area contributed by atoms with Crippen LogP contribution in [0.15, 0.2) is 0 Å². The normalized spacial score (nSPS) is 15.3. The van der Waals surface area contributed by atoms with E-state index < -0.39 is 12.0 Å². The smallest absolute Gasteiger partial charge is 0.326 e. The molecule has 18 heavy (non-hydrogen) atoms. The second-order valence-corrected chi connectivity index (χ2v) is 6.26. The molecule has 0 fully saturated rings. The van der Waals surface area contributed by atoms with Gasteiger partial charge in [0.1, 0.15) is 6.04 Å². The molecule has 5 heteroatoms. The Kier molecular flexibility index (Phi) is 6.32. The molecule has 0 aromatic carbocycles. The zero-order chi connectivity index (χ0) is 14.5. The van der Waals surface area contributed by atoms with Crippen molar-refractivity contribution < 1.29 is 14.7 Å². The Hall–Kier alpha value is -1.10. The molecule has 0 aliphatic rings. The molecule has 0 heterocycles. The van der Waals surface area contributed by atoms with Gasteiger partial charge in [0, 0.05) is 12.5 Å². The van der Waals surface area contributed by atoms with E-state index in [-0.39, 0.29) is 29.7 Å². The fourth-order valence-electron chi connectivity index (χ4n) is 1.45. The van der Waals surface area contributed by atoms with Crippen LogP contribution in [0.4, 0.5) is 0 Å². The van der Waals surface area contributed by atoms with E-state index in [4.69, 9.17) is 10.8 Å². The van der Waals surface area contributed by atoms with Gasteiger partial charge in [-0.15, -0.1) is 0 Å². The highest BCUT2D eigenvalue weighted by Gasteiger charge is 2.26. The highest BCUT2D eigenvalue weighted by molar-refractivity contribution is 5.83. The number of rotatable bonds is 6. The number of carbonyl (C=O) groups excluding carboxylic acids is 1. The van der Waals surface area contributed by atoms with Gasteiger partial charge in [0.05, 0.1) is 0 Å². The highest BCUT2D eigenvalue weighted by atomic mass is 16.4. The summed E-state index contributed by atoms with van der Waals surface area (Å²) in [6.07, 6.45) is 0.567. The van der Waals surface area contributed by atoms with Crippen molar-refractivity contribution in [3.05, 3.63) is 0 Å². The number of aliphatic carboxylic acids is 1. The van der Waals surface area contributed by atoms with Crippen LogP contribution in [0.5, 0.6) is 0 Å². The van der Waals surface area contributed by atoms with E-state index in [1.165, 1.54) is 0 Å². The first-order valence-electron chi connectivity index (χ1n) is 6.31. The third-order valence-corrected chi connectivity index (χ3v) is 2.86. The number of carboxylic acid groups (broad SMARTS) is 1. The van der Waals surface area contributed by atoms with Crippen LogP contribution in [-0.2, 0) is 9.59 Å². The molecular weight excluding hydrogens is 232 g/mol. The zero-order valence-corrected chi connectivity index (χ0v) is 12.0. The van der Waals surface area contributed by atoms with Crippen molar-refractivity contribution in [3.63, 3.8) is 0 Å². The largest absolute Gasteiger partial charge is 0.480 e. The molecule has 0 spiro atoms. The van der Waals surface area contributed by atoms with E-state index >= 15 is 0 Å². The van der Waals surface area contributed by atoms with Gasteiger partial charge in [-0.1, -0.05) is 34.6 Å². The molecule has 0 radical (unpaired) electrons. The minimum atomic E-state index is -0.999. The summed E-state index contributed by atoms with van der Waals surface area (Å²) in [4.78, 5) is 22.7. The molecular formula is C13H26N2O3. The number of nitrogens with two attached hydrogens (primary N) is 1. The quantitative estimate of drug-likeness (QED) is 0.671. The van der Waals surface area contributed by atoms with Gasteiger partial charge in [0.15, 0.2) is 0 Å². The molecule has 4 N–H and O–H groups in total. The Morgan fingerprint density at radius 3 is 2.11 bits per heavy atom. The average Bonchev–Trinajstić information content (AvgIpc) is 2.13. The number of amides is 1. The lowest BCUT2D eigenvalue weighted by Gasteiger charge is -2.27. The van der Waals surface area contributed by atoms with Crippen molar-refractivity contribution in [2.75, 3.05) is 0 Å².